The maximum atomic E-state index is 12.8. The number of rotatable bonds is 5. The lowest BCUT2D eigenvalue weighted by molar-refractivity contribution is -0.139. The minimum atomic E-state index is -4.41. The first-order chi connectivity index (χ1) is 8.86. The molecular formula is C13H18ClF3N2O. The Hall–Kier alpha value is -1.27. The van der Waals surface area contributed by atoms with E-state index in [1.54, 1.807) is 0 Å². The quantitative estimate of drug-likeness (QED) is 0.909. The van der Waals surface area contributed by atoms with Gasteiger partial charge in [-0.3, -0.25) is 4.79 Å². The average Bonchev–Trinajstić information content (AvgIpc) is 2.35. The summed E-state index contributed by atoms with van der Waals surface area (Å²) in [7, 11) is 1.49. The molecular weight excluding hydrogens is 293 g/mol. The molecule has 0 heterocycles. The summed E-state index contributed by atoms with van der Waals surface area (Å²) in [5, 5.41) is 0. The van der Waals surface area contributed by atoms with Crippen molar-refractivity contribution in [1.82, 2.24) is 4.90 Å². The molecule has 1 aromatic carbocycles. The van der Waals surface area contributed by atoms with Gasteiger partial charge in [0.2, 0.25) is 5.91 Å². The smallest absolute Gasteiger partial charge is 0.341 e. The van der Waals surface area contributed by atoms with E-state index in [1.165, 1.54) is 30.1 Å². The van der Waals surface area contributed by atoms with E-state index in [9.17, 15) is 18.0 Å². The Morgan fingerprint density at radius 2 is 1.90 bits per heavy atom. The van der Waals surface area contributed by atoms with Crippen LogP contribution in [0.25, 0.3) is 0 Å². The van der Waals surface area contributed by atoms with Crippen LogP contribution in [-0.4, -0.2) is 24.4 Å². The van der Waals surface area contributed by atoms with Gasteiger partial charge in [-0.25, -0.2) is 0 Å². The molecule has 0 saturated heterocycles. The Bertz CT molecular complexity index is 438. The summed E-state index contributed by atoms with van der Waals surface area (Å²) in [6.07, 6.45) is -3.62. The lowest BCUT2D eigenvalue weighted by Gasteiger charge is -2.20. The van der Waals surface area contributed by atoms with Gasteiger partial charge in [-0.2, -0.15) is 13.2 Å². The lowest BCUT2D eigenvalue weighted by atomic mass is 10.1. The molecule has 0 fully saturated rings. The van der Waals surface area contributed by atoms with Crippen molar-refractivity contribution in [3.63, 3.8) is 0 Å². The maximum Gasteiger partial charge on any atom is 0.416 e. The van der Waals surface area contributed by atoms with Crippen LogP contribution in [0.3, 0.4) is 0 Å². The van der Waals surface area contributed by atoms with Crippen LogP contribution in [0, 0.1) is 0 Å². The lowest BCUT2D eigenvalue weighted by Crippen LogP contribution is -2.27. The van der Waals surface area contributed by atoms with Gasteiger partial charge >= 0.3 is 6.18 Å². The molecule has 0 unspecified atom stereocenters. The number of nitrogens with zero attached hydrogens (tertiary/aromatic N) is 1. The molecule has 1 rings (SSSR count). The molecule has 114 valence electrons. The summed E-state index contributed by atoms with van der Waals surface area (Å²) in [5.41, 5.74) is 4.69. The topological polar surface area (TPSA) is 46.3 Å². The molecule has 2 N–H and O–H groups in total. The van der Waals surface area contributed by atoms with E-state index >= 15 is 0 Å². The van der Waals surface area contributed by atoms with E-state index < -0.39 is 11.7 Å². The zero-order valence-electron chi connectivity index (χ0n) is 11.1. The van der Waals surface area contributed by atoms with Crippen LogP contribution in [0.5, 0.6) is 0 Å². The molecule has 20 heavy (non-hydrogen) atoms. The third kappa shape index (κ3) is 5.38. The van der Waals surface area contributed by atoms with Crippen LogP contribution < -0.4 is 5.73 Å². The van der Waals surface area contributed by atoms with E-state index in [0.717, 1.165) is 6.07 Å². The predicted molar refractivity (Wildman–Crippen MR) is 73.5 cm³/mol. The van der Waals surface area contributed by atoms with Gasteiger partial charge in [-0.15, -0.1) is 12.4 Å². The zero-order chi connectivity index (χ0) is 14.5. The van der Waals surface area contributed by atoms with Gasteiger partial charge in [0.05, 0.1) is 5.56 Å². The molecule has 1 amide bonds. The maximum absolute atomic E-state index is 12.8. The second-order valence-electron chi connectivity index (χ2n) is 4.30. The number of alkyl halides is 3. The minimum Gasteiger partial charge on any atom is -0.341 e. The first-order valence-electron chi connectivity index (χ1n) is 5.95. The summed E-state index contributed by atoms with van der Waals surface area (Å²) in [6.45, 7) is 0.331. The van der Waals surface area contributed by atoms with Crippen molar-refractivity contribution in [1.29, 1.82) is 0 Å². The van der Waals surface area contributed by atoms with Crippen molar-refractivity contribution in [3.05, 3.63) is 35.4 Å². The molecule has 0 radical (unpaired) electrons. The Morgan fingerprint density at radius 3 is 2.45 bits per heavy atom. The number of carbonyl (C=O) groups excluding carboxylic acids is 1. The van der Waals surface area contributed by atoms with Crippen molar-refractivity contribution >= 4 is 18.3 Å². The Morgan fingerprint density at radius 1 is 1.30 bits per heavy atom. The van der Waals surface area contributed by atoms with E-state index in [-0.39, 0.29) is 36.8 Å². The third-order valence-electron chi connectivity index (χ3n) is 2.75. The molecule has 0 bridgehead atoms. The van der Waals surface area contributed by atoms with E-state index in [4.69, 9.17) is 5.73 Å². The number of nitrogens with two attached hydrogens (primary N) is 1. The first-order valence-corrected chi connectivity index (χ1v) is 5.95. The van der Waals surface area contributed by atoms with Gasteiger partial charge in [0.1, 0.15) is 0 Å². The Balaban J connectivity index is 0.00000361. The second kappa shape index (κ2) is 8.11. The first kappa shape index (κ1) is 18.7. The highest BCUT2D eigenvalue weighted by Crippen LogP contribution is 2.32. The van der Waals surface area contributed by atoms with Crippen LogP contribution in [0.2, 0.25) is 0 Å². The van der Waals surface area contributed by atoms with Gasteiger partial charge in [-0.1, -0.05) is 18.2 Å². The van der Waals surface area contributed by atoms with Crippen molar-refractivity contribution in [3.8, 4) is 0 Å². The normalized spacial score (nSPS) is 10.8. The molecule has 0 aliphatic heterocycles. The summed E-state index contributed by atoms with van der Waals surface area (Å²) in [6, 6.07) is 5.27. The highest BCUT2D eigenvalue weighted by Gasteiger charge is 2.33. The highest BCUT2D eigenvalue weighted by molar-refractivity contribution is 5.85. The third-order valence-corrected chi connectivity index (χ3v) is 2.75. The van der Waals surface area contributed by atoms with E-state index in [1.807, 2.05) is 0 Å². The number of amides is 1. The molecule has 0 aliphatic carbocycles. The fourth-order valence-corrected chi connectivity index (χ4v) is 1.72. The molecule has 0 saturated carbocycles. The van der Waals surface area contributed by atoms with Crippen LogP contribution in [0.4, 0.5) is 13.2 Å². The number of hydrogen-bond donors (Lipinski definition) is 1. The molecule has 0 aliphatic rings. The highest BCUT2D eigenvalue weighted by atomic mass is 35.5. The Kier molecular flexibility index (Phi) is 7.60. The largest absolute Gasteiger partial charge is 0.416 e. The standard InChI is InChI=1S/C13H17F3N2O.ClH/c1-18(12(19)7-4-8-17)9-10-5-2-3-6-11(10)13(14,15)16;/h2-3,5-6H,4,7-9,17H2,1H3;1H. The van der Waals surface area contributed by atoms with Crippen LogP contribution in [0.15, 0.2) is 24.3 Å². The van der Waals surface area contributed by atoms with Crippen LogP contribution >= 0.6 is 12.4 Å². The molecule has 0 atom stereocenters. The number of carbonyl (C=O) groups is 1. The average molecular weight is 311 g/mol. The van der Waals surface area contributed by atoms with Gasteiger partial charge in [0, 0.05) is 20.0 Å². The zero-order valence-corrected chi connectivity index (χ0v) is 11.9. The second-order valence-corrected chi connectivity index (χ2v) is 4.30. The molecule has 0 spiro atoms. The SMILES string of the molecule is CN(Cc1ccccc1C(F)(F)F)C(=O)CCCN.Cl. The van der Waals surface area contributed by atoms with Crippen molar-refractivity contribution in [2.24, 2.45) is 5.73 Å². The number of benzene rings is 1. The monoisotopic (exact) mass is 310 g/mol. The minimum absolute atomic E-state index is 0. The van der Waals surface area contributed by atoms with Crippen molar-refractivity contribution in [2.75, 3.05) is 13.6 Å². The summed E-state index contributed by atoms with van der Waals surface area (Å²) in [5.74, 6) is -0.206. The van der Waals surface area contributed by atoms with E-state index in [0.29, 0.717) is 13.0 Å². The molecule has 3 nitrogen and oxygen atoms in total. The summed E-state index contributed by atoms with van der Waals surface area (Å²) in [4.78, 5) is 12.9. The molecule has 7 heteroatoms. The predicted octanol–water partition coefficient (Wildman–Crippen LogP) is 2.82. The number of halogens is 4. The van der Waals surface area contributed by atoms with Gasteiger partial charge in [0.25, 0.3) is 0 Å². The fraction of sp³-hybridized carbons (Fsp3) is 0.462. The van der Waals surface area contributed by atoms with Crippen LogP contribution in [-0.2, 0) is 17.5 Å². The van der Waals surface area contributed by atoms with E-state index in [2.05, 4.69) is 0 Å². The van der Waals surface area contributed by atoms with Gasteiger partial charge in [0.15, 0.2) is 0 Å². The summed E-state index contributed by atoms with van der Waals surface area (Å²) < 4.78 is 38.3. The fourth-order valence-electron chi connectivity index (χ4n) is 1.72. The van der Waals surface area contributed by atoms with Crippen molar-refractivity contribution in [2.45, 2.75) is 25.6 Å². The van der Waals surface area contributed by atoms with Gasteiger partial charge in [-0.05, 0) is 24.6 Å². The van der Waals surface area contributed by atoms with Gasteiger partial charge < -0.3 is 10.6 Å². The van der Waals surface area contributed by atoms with Crippen LogP contribution in [0.1, 0.15) is 24.0 Å². The number of hydrogen-bond acceptors (Lipinski definition) is 2. The summed E-state index contributed by atoms with van der Waals surface area (Å²) >= 11 is 0. The molecule has 1 aromatic rings. The van der Waals surface area contributed by atoms with Crippen molar-refractivity contribution < 1.29 is 18.0 Å². The Labute approximate surface area is 122 Å². The molecule has 0 aromatic heterocycles.